The Balaban J connectivity index is 1.65. The second-order valence-corrected chi connectivity index (χ2v) is 8.02. The van der Waals surface area contributed by atoms with Crippen LogP contribution in [0.2, 0.25) is 0 Å². The number of anilines is 1. The van der Waals surface area contributed by atoms with Crippen LogP contribution in [0.3, 0.4) is 0 Å². The van der Waals surface area contributed by atoms with Crippen LogP contribution in [-0.2, 0) is 4.79 Å². The lowest BCUT2D eigenvalue weighted by Crippen LogP contribution is -2.23. The number of para-hydroxylation sites is 3. The van der Waals surface area contributed by atoms with E-state index in [1.54, 1.807) is 47.8 Å². The van der Waals surface area contributed by atoms with Gasteiger partial charge in [-0.2, -0.15) is 0 Å². The highest BCUT2D eigenvalue weighted by Crippen LogP contribution is 2.26. The zero-order valence-electron chi connectivity index (χ0n) is 15.8. The summed E-state index contributed by atoms with van der Waals surface area (Å²) in [6, 6.07) is 14.8. The first-order valence-corrected chi connectivity index (χ1v) is 10.8. The highest BCUT2D eigenvalue weighted by molar-refractivity contribution is 7.99. The molecule has 0 fully saturated rings. The van der Waals surface area contributed by atoms with Gasteiger partial charge in [-0.25, -0.2) is 9.37 Å². The Morgan fingerprint density at radius 1 is 1.20 bits per heavy atom. The van der Waals surface area contributed by atoms with Crippen LogP contribution >= 0.6 is 23.1 Å². The number of thiophene rings is 1. The molecule has 1 amide bonds. The predicted molar refractivity (Wildman–Crippen MR) is 118 cm³/mol. The number of methoxy groups -OCH3 is 1. The molecule has 0 spiro atoms. The number of nitrogens with one attached hydrogen (secondary N) is 1. The number of hydrogen-bond acceptors (Lipinski definition) is 6. The van der Waals surface area contributed by atoms with Crippen molar-refractivity contribution in [1.29, 1.82) is 0 Å². The van der Waals surface area contributed by atoms with E-state index in [0.717, 1.165) is 11.8 Å². The lowest BCUT2D eigenvalue weighted by molar-refractivity contribution is -0.113. The first kappa shape index (κ1) is 20.1. The maximum atomic E-state index is 14.4. The number of carbonyl (C=O) groups is 1. The molecule has 0 aliphatic carbocycles. The molecule has 4 aromatic rings. The summed E-state index contributed by atoms with van der Waals surface area (Å²) in [6.45, 7) is 0. The molecule has 0 aliphatic rings. The van der Waals surface area contributed by atoms with Crippen LogP contribution in [0.4, 0.5) is 10.1 Å². The van der Waals surface area contributed by atoms with E-state index in [1.165, 1.54) is 35.1 Å². The maximum absolute atomic E-state index is 14.4. The van der Waals surface area contributed by atoms with Gasteiger partial charge in [0.1, 0.15) is 16.3 Å². The highest BCUT2D eigenvalue weighted by Gasteiger charge is 2.18. The molecular formula is C21H16FN3O3S2. The van der Waals surface area contributed by atoms with Crippen LogP contribution in [0.25, 0.3) is 15.9 Å². The first-order chi connectivity index (χ1) is 14.6. The molecule has 4 rings (SSSR count). The minimum atomic E-state index is -0.544. The van der Waals surface area contributed by atoms with Crippen molar-refractivity contribution in [3.05, 3.63) is 76.1 Å². The van der Waals surface area contributed by atoms with E-state index in [1.807, 2.05) is 0 Å². The maximum Gasteiger partial charge on any atom is 0.276 e. The van der Waals surface area contributed by atoms with Gasteiger partial charge in [-0.05, 0) is 35.7 Å². The third-order valence-electron chi connectivity index (χ3n) is 4.26. The molecule has 0 unspecified atom stereocenters. The van der Waals surface area contributed by atoms with Crippen LogP contribution in [0.5, 0.6) is 5.75 Å². The van der Waals surface area contributed by atoms with E-state index < -0.39 is 5.82 Å². The molecular weight excluding hydrogens is 425 g/mol. The molecule has 0 saturated carbocycles. The number of rotatable bonds is 6. The van der Waals surface area contributed by atoms with Crippen molar-refractivity contribution < 1.29 is 13.9 Å². The van der Waals surface area contributed by atoms with Gasteiger partial charge in [-0.1, -0.05) is 36.0 Å². The molecule has 0 aliphatic heterocycles. The molecule has 2 aromatic carbocycles. The highest BCUT2D eigenvalue weighted by atomic mass is 32.2. The summed E-state index contributed by atoms with van der Waals surface area (Å²) in [5.41, 5.74) is 0.786. The standard InChI is InChI=1S/C21H16FN3O3S2/c1-28-17-9-5-3-7-14(17)23-18(26)12-30-21-24-15-10-11-29-19(15)20(27)25(21)16-8-4-2-6-13(16)22/h2-11H,12H2,1H3,(H,23,26). The SMILES string of the molecule is COc1ccccc1NC(=O)CSc1nc2ccsc2c(=O)n1-c1ccccc1F. The number of aromatic nitrogens is 2. The summed E-state index contributed by atoms with van der Waals surface area (Å²) >= 11 is 2.31. The second kappa shape index (κ2) is 8.68. The molecule has 2 heterocycles. The zero-order chi connectivity index (χ0) is 21.1. The van der Waals surface area contributed by atoms with Crippen molar-refractivity contribution in [2.75, 3.05) is 18.2 Å². The summed E-state index contributed by atoms with van der Waals surface area (Å²) in [7, 11) is 1.52. The summed E-state index contributed by atoms with van der Waals surface area (Å²) in [5, 5.41) is 4.78. The van der Waals surface area contributed by atoms with Gasteiger partial charge in [-0.15, -0.1) is 11.3 Å². The lowest BCUT2D eigenvalue weighted by Gasteiger charge is -2.13. The van der Waals surface area contributed by atoms with E-state index in [-0.39, 0.29) is 28.1 Å². The largest absolute Gasteiger partial charge is 0.495 e. The molecule has 2 aromatic heterocycles. The number of benzene rings is 2. The second-order valence-electron chi connectivity index (χ2n) is 6.16. The van der Waals surface area contributed by atoms with Gasteiger partial charge < -0.3 is 10.1 Å². The van der Waals surface area contributed by atoms with Crippen molar-refractivity contribution in [3.63, 3.8) is 0 Å². The molecule has 0 radical (unpaired) electrons. The topological polar surface area (TPSA) is 73.2 Å². The summed E-state index contributed by atoms with van der Waals surface area (Å²) in [5.74, 6) is -0.326. The van der Waals surface area contributed by atoms with E-state index >= 15 is 0 Å². The number of carbonyl (C=O) groups excluding carboxylic acids is 1. The Morgan fingerprint density at radius 3 is 2.77 bits per heavy atom. The van der Waals surface area contributed by atoms with Gasteiger partial charge in [0.05, 0.1) is 29.8 Å². The van der Waals surface area contributed by atoms with Gasteiger partial charge in [0.2, 0.25) is 5.91 Å². The Labute approximate surface area is 179 Å². The molecule has 1 N–H and O–H groups in total. The van der Waals surface area contributed by atoms with E-state index in [9.17, 15) is 14.0 Å². The van der Waals surface area contributed by atoms with Crippen LogP contribution in [0, 0.1) is 5.82 Å². The average Bonchev–Trinajstić information content (AvgIpc) is 3.23. The van der Waals surface area contributed by atoms with Gasteiger partial charge in [0.15, 0.2) is 5.16 Å². The Kier molecular flexibility index (Phi) is 5.82. The van der Waals surface area contributed by atoms with Crippen LogP contribution in [-0.4, -0.2) is 28.3 Å². The van der Waals surface area contributed by atoms with Gasteiger partial charge in [0, 0.05) is 0 Å². The Morgan fingerprint density at radius 2 is 1.97 bits per heavy atom. The summed E-state index contributed by atoms with van der Waals surface area (Å²) in [4.78, 5) is 30.0. The van der Waals surface area contributed by atoms with E-state index in [4.69, 9.17) is 4.74 Å². The first-order valence-electron chi connectivity index (χ1n) is 8.89. The molecule has 0 saturated heterocycles. The van der Waals surface area contributed by atoms with Crippen molar-refractivity contribution >= 4 is 44.9 Å². The molecule has 9 heteroatoms. The van der Waals surface area contributed by atoms with E-state index in [0.29, 0.717) is 21.7 Å². The number of hydrogen-bond donors (Lipinski definition) is 1. The molecule has 0 bridgehead atoms. The van der Waals surface area contributed by atoms with Crippen LogP contribution in [0.15, 0.2) is 69.9 Å². The number of thioether (sulfide) groups is 1. The minimum Gasteiger partial charge on any atom is -0.495 e. The molecule has 152 valence electrons. The Bertz CT molecular complexity index is 1290. The van der Waals surface area contributed by atoms with Gasteiger partial charge in [0.25, 0.3) is 5.56 Å². The summed E-state index contributed by atoms with van der Waals surface area (Å²) in [6.07, 6.45) is 0. The number of fused-ring (bicyclic) bond motifs is 1. The zero-order valence-corrected chi connectivity index (χ0v) is 17.4. The van der Waals surface area contributed by atoms with Crippen molar-refractivity contribution in [2.45, 2.75) is 5.16 Å². The van der Waals surface area contributed by atoms with Crippen molar-refractivity contribution in [1.82, 2.24) is 9.55 Å². The molecule has 30 heavy (non-hydrogen) atoms. The fourth-order valence-electron chi connectivity index (χ4n) is 2.90. The molecule has 0 atom stereocenters. The third kappa shape index (κ3) is 3.94. The minimum absolute atomic E-state index is 0.0193. The third-order valence-corrected chi connectivity index (χ3v) is 6.09. The van der Waals surface area contributed by atoms with Crippen LogP contribution in [0.1, 0.15) is 0 Å². The van der Waals surface area contributed by atoms with Gasteiger partial charge >= 0.3 is 0 Å². The molecule has 6 nitrogen and oxygen atoms in total. The average molecular weight is 442 g/mol. The fourth-order valence-corrected chi connectivity index (χ4v) is 4.46. The predicted octanol–water partition coefficient (Wildman–Crippen LogP) is 4.33. The smallest absolute Gasteiger partial charge is 0.276 e. The van der Waals surface area contributed by atoms with Crippen molar-refractivity contribution in [2.24, 2.45) is 0 Å². The lowest BCUT2D eigenvalue weighted by atomic mass is 10.3. The quantitative estimate of drug-likeness (QED) is 0.356. The number of halogens is 1. The monoisotopic (exact) mass is 441 g/mol. The Hall–Kier alpha value is -3.17. The number of nitrogens with zero attached hydrogens (tertiary/aromatic N) is 2. The van der Waals surface area contributed by atoms with Gasteiger partial charge in [-0.3, -0.25) is 14.2 Å². The summed E-state index contributed by atoms with van der Waals surface area (Å²) < 4.78 is 21.3. The normalized spacial score (nSPS) is 10.9. The number of ether oxygens (including phenoxy) is 1. The van der Waals surface area contributed by atoms with Crippen molar-refractivity contribution in [3.8, 4) is 11.4 Å². The van der Waals surface area contributed by atoms with E-state index in [2.05, 4.69) is 10.3 Å². The fraction of sp³-hybridized carbons (Fsp3) is 0.0952. The van der Waals surface area contributed by atoms with Crippen LogP contribution < -0.4 is 15.6 Å². The number of amides is 1.